The van der Waals surface area contributed by atoms with Gasteiger partial charge in [0.05, 0.1) is 12.7 Å². The van der Waals surface area contributed by atoms with Crippen LogP contribution < -0.4 is 5.32 Å². The van der Waals surface area contributed by atoms with Crippen LogP contribution in [-0.4, -0.2) is 30.7 Å². The first-order valence-corrected chi connectivity index (χ1v) is 16.7. The van der Waals surface area contributed by atoms with Crippen LogP contribution in [0, 0.1) is 46.3 Å². The van der Waals surface area contributed by atoms with Gasteiger partial charge in [-0.1, -0.05) is 63.1 Å². The van der Waals surface area contributed by atoms with Crippen molar-refractivity contribution in [2.75, 3.05) is 6.61 Å². The molecule has 6 aliphatic rings. The molecule has 1 amide bonds. The maximum absolute atomic E-state index is 12.6. The number of nitrogens with one attached hydrogen (secondary N) is 1. The minimum atomic E-state index is -0.336. The highest BCUT2D eigenvalue weighted by Gasteiger charge is 2.68. The van der Waals surface area contributed by atoms with Crippen molar-refractivity contribution >= 4 is 17.7 Å². The predicted molar refractivity (Wildman–Crippen MR) is 160 cm³/mol. The summed E-state index contributed by atoms with van der Waals surface area (Å²) in [5, 5.41) is 3.62. The Kier molecular flexibility index (Phi) is 7.07. The summed E-state index contributed by atoms with van der Waals surface area (Å²) in [6.07, 6.45) is 12.7. The Hall–Kier alpha value is -1.56. The lowest BCUT2D eigenvalue weighted by Gasteiger charge is -2.58. The topological polar surface area (TPSA) is 56.8 Å². The van der Waals surface area contributed by atoms with Gasteiger partial charge in [-0.2, -0.15) is 0 Å². The molecular formula is C35H48ClNO4. The molecule has 0 aromatic heterocycles. The quantitative estimate of drug-likeness (QED) is 0.365. The Morgan fingerprint density at radius 2 is 1.88 bits per heavy atom. The molecule has 41 heavy (non-hydrogen) atoms. The summed E-state index contributed by atoms with van der Waals surface area (Å²) in [6, 6.07) is 7.55. The maximum atomic E-state index is 12.6. The van der Waals surface area contributed by atoms with E-state index in [0.29, 0.717) is 40.8 Å². The van der Waals surface area contributed by atoms with Crippen molar-refractivity contribution in [3.8, 4) is 0 Å². The van der Waals surface area contributed by atoms with E-state index in [2.05, 4.69) is 39.1 Å². The van der Waals surface area contributed by atoms with Gasteiger partial charge in [-0.25, -0.2) is 4.79 Å². The van der Waals surface area contributed by atoms with Crippen molar-refractivity contribution in [2.24, 2.45) is 46.3 Å². The number of fused-ring (bicyclic) bond motifs is 7. The zero-order chi connectivity index (χ0) is 28.6. The number of hydrogen-bond donors (Lipinski definition) is 1. The van der Waals surface area contributed by atoms with Gasteiger partial charge in [0.1, 0.15) is 6.10 Å². The van der Waals surface area contributed by atoms with Crippen LogP contribution in [0.4, 0.5) is 4.79 Å². The van der Waals surface area contributed by atoms with Crippen LogP contribution in [0.15, 0.2) is 35.9 Å². The number of halogens is 1. The summed E-state index contributed by atoms with van der Waals surface area (Å²) in [5.41, 5.74) is 3.11. The molecular weight excluding hydrogens is 534 g/mol. The first-order chi connectivity index (χ1) is 19.6. The lowest BCUT2D eigenvalue weighted by molar-refractivity contribution is -0.272. The van der Waals surface area contributed by atoms with Crippen LogP contribution >= 0.6 is 11.6 Å². The van der Waals surface area contributed by atoms with E-state index in [1.54, 1.807) is 0 Å². The molecule has 5 nitrogen and oxygen atoms in total. The fourth-order valence-corrected chi connectivity index (χ4v) is 10.8. The zero-order valence-electron chi connectivity index (χ0n) is 25.3. The number of carbonyl (C=O) groups is 1. The Balaban J connectivity index is 1.01. The van der Waals surface area contributed by atoms with E-state index in [4.69, 9.17) is 25.8 Å². The van der Waals surface area contributed by atoms with Gasteiger partial charge in [0, 0.05) is 30.3 Å². The normalized spacial score (nSPS) is 46.6. The standard InChI is InChI=1S/C35H48ClNO4/c1-21-11-16-35(39-20-21)22(2)31-30(41-35)18-29-27-10-7-24-17-26(12-14-33(24,3)28(27)13-15-34(29,31)4)40-32(38)37-19-23-5-8-25(36)9-6-23/h5-9,21-22,26-31H,10-20H2,1-4H3,(H,37,38)/t21-,22+,26+,27-,28+,29+,30+,31+,33+,34+,35-/m1/s1. The van der Waals surface area contributed by atoms with E-state index in [1.807, 2.05) is 24.3 Å². The minimum Gasteiger partial charge on any atom is -0.446 e. The zero-order valence-corrected chi connectivity index (χ0v) is 26.1. The molecule has 7 rings (SSSR count). The number of amides is 1. The van der Waals surface area contributed by atoms with Crippen molar-refractivity contribution in [1.29, 1.82) is 0 Å². The third-order valence-corrected chi connectivity index (χ3v) is 13.2. The van der Waals surface area contributed by atoms with Gasteiger partial charge in [0.15, 0.2) is 5.79 Å². The highest BCUT2D eigenvalue weighted by atomic mass is 35.5. The van der Waals surface area contributed by atoms with Gasteiger partial charge in [-0.15, -0.1) is 0 Å². The van der Waals surface area contributed by atoms with Crippen LogP contribution in [0.2, 0.25) is 5.02 Å². The molecule has 5 fully saturated rings. The summed E-state index contributed by atoms with van der Waals surface area (Å²) in [7, 11) is 0. The van der Waals surface area contributed by atoms with E-state index in [9.17, 15) is 4.79 Å². The fraction of sp³-hybridized carbons (Fsp3) is 0.743. The molecule has 2 saturated heterocycles. The Morgan fingerprint density at radius 3 is 2.63 bits per heavy atom. The summed E-state index contributed by atoms with van der Waals surface area (Å²) in [5.74, 6) is 3.55. The minimum absolute atomic E-state index is 0.0422. The fourth-order valence-electron chi connectivity index (χ4n) is 10.7. The number of benzene rings is 1. The molecule has 2 heterocycles. The highest BCUT2D eigenvalue weighted by molar-refractivity contribution is 6.30. The highest BCUT2D eigenvalue weighted by Crippen LogP contribution is 2.70. The second-order valence-electron chi connectivity index (χ2n) is 15.0. The molecule has 0 unspecified atom stereocenters. The summed E-state index contributed by atoms with van der Waals surface area (Å²) >= 11 is 5.98. The monoisotopic (exact) mass is 581 g/mol. The molecule has 11 atom stereocenters. The smallest absolute Gasteiger partial charge is 0.407 e. The number of rotatable bonds is 3. The van der Waals surface area contributed by atoms with Gasteiger partial charge >= 0.3 is 6.09 Å². The van der Waals surface area contributed by atoms with Gasteiger partial charge < -0.3 is 19.5 Å². The Labute approximate surface area is 251 Å². The van der Waals surface area contributed by atoms with E-state index in [1.165, 1.54) is 31.3 Å². The Morgan fingerprint density at radius 1 is 1.07 bits per heavy atom. The number of ether oxygens (including phenoxy) is 3. The van der Waals surface area contributed by atoms with Crippen molar-refractivity contribution in [2.45, 2.75) is 110 Å². The van der Waals surface area contributed by atoms with Gasteiger partial charge in [0.2, 0.25) is 0 Å². The van der Waals surface area contributed by atoms with Crippen molar-refractivity contribution in [1.82, 2.24) is 5.32 Å². The van der Waals surface area contributed by atoms with Gasteiger partial charge in [0.25, 0.3) is 0 Å². The molecule has 6 heteroatoms. The molecule has 1 aromatic rings. The van der Waals surface area contributed by atoms with Crippen LogP contribution in [0.3, 0.4) is 0 Å². The van der Waals surface area contributed by atoms with Gasteiger partial charge in [-0.3, -0.25) is 0 Å². The molecule has 2 aliphatic heterocycles. The number of carbonyl (C=O) groups excluding carboxylic acids is 1. The molecule has 0 radical (unpaired) electrons. The molecule has 1 N–H and O–H groups in total. The van der Waals surface area contributed by atoms with E-state index < -0.39 is 0 Å². The first-order valence-electron chi connectivity index (χ1n) is 16.3. The maximum Gasteiger partial charge on any atom is 0.407 e. The number of alkyl carbamates (subject to hydrolysis) is 1. The van der Waals surface area contributed by atoms with E-state index >= 15 is 0 Å². The predicted octanol–water partition coefficient (Wildman–Crippen LogP) is 8.30. The lowest BCUT2D eigenvalue weighted by atomic mass is 9.47. The Bertz CT molecular complexity index is 1190. The van der Waals surface area contributed by atoms with E-state index in [0.717, 1.165) is 62.0 Å². The number of hydrogen-bond acceptors (Lipinski definition) is 4. The summed E-state index contributed by atoms with van der Waals surface area (Å²) in [4.78, 5) is 12.6. The molecule has 0 bridgehead atoms. The van der Waals surface area contributed by atoms with Crippen LogP contribution in [0.25, 0.3) is 0 Å². The molecule has 1 spiro atoms. The van der Waals surface area contributed by atoms with Gasteiger partial charge in [-0.05, 0) is 103 Å². The molecule has 4 aliphatic carbocycles. The van der Waals surface area contributed by atoms with Crippen molar-refractivity contribution in [3.05, 3.63) is 46.5 Å². The molecule has 224 valence electrons. The second kappa shape index (κ2) is 10.3. The second-order valence-corrected chi connectivity index (χ2v) is 15.5. The average molecular weight is 582 g/mol. The van der Waals surface area contributed by atoms with Crippen LogP contribution in [0.1, 0.15) is 91.0 Å². The first kappa shape index (κ1) is 28.2. The van der Waals surface area contributed by atoms with Crippen LogP contribution in [0.5, 0.6) is 0 Å². The number of allylic oxidation sites excluding steroid dienone is 1. The third-order valence-electron chi connectivity index (χ3n) is 12.9. The average Bonchev–Trinajstić information content (AvgIpc) is 3.40. The summed E-state index contributed by atoms with van der Waals surface area (Å²) in [6.45, 7) is 11.2. The SMILES string of the molecule is C[C@@H]1CC[C@@]2(OC1)O[C@H]1C[C@H]3[C@@H]4CC=C5C[C@@H](OC(=O)NCc6ccc(Cl)cc6)CC[C@]5(C)[C@H]4CC[C@]3(C)[C@H]1[C@@H]2C. The van der Waals surface area contributed by atoms with Crippen molar-refractivity contribution < 1.29 is 19.0 Å². The largest absolute Gasteiger partial charge is 0.446 e. The van der Waals surface area contributed by atoms with Crippen molar-refractivity contribution in [3.63, 3.8) is 0 Å². The van der Waals surface area contributed by atoms with Crippen LogP contribution in [-0.2, 0) is 20.8 Å². The third kappa shape index (κ3) is 4.59. The van der Waals surface area contributed by atoms with E-state index in [-0.39, 0.29) is 23.4 Å². The lowest BCUT2D eigenvalue weighted by Crippen LogP contribution is -2.52. The molecule has 3 saturated carbocycles. The molecule has 1 aromatic carbocycles. The summed E-state index contributed by atoms with van der Waals surface area (Å²) < 4.78 is 19.4.